The quantitative estimate of drug-likeness (QED) is 0.420. The summed E-state index contributed by atoms with van der Waals surface area (Å²) in [5.41, 5.74) is -1.66. The first-order valence-corrected chi connectivity index (χ1v) is 8.81. The lowest BCUT2D eigenvalue weighted by molar-refractivity contribution is -0.167. The van der Waals surface area contributed by atoms with Crippen LogP contribution in [-0.4, -0.2) is 44.8 Å². The maximum absolute atomic E-state index is 12.8. The van der Waals surface area contributed by atoms with Crippen molar-refractivity contribution < 1.29 is 33.3 Å². The monoisotopic (exact) mass is 386 g/mol. The Labute approximate surface area is 162 Å². The average Bonchev–Trinajstić information content (AvgIpc) is 3.26. The first-order chi connectivity index (χ1) is 13.4. The Bertz CT molecular complexity index is 884. The molecule has 2 bridgehead atoms. The van der Waals surface area contributed by atoms with Crippen molar-refractivity contribution in [2.75, 3.05) is 21.3 Å². The van der Waals surface area contributed by atoms with Crippen LogP contribution in [0.1, 0.15) is 24.0 Å². The fourth-order valence-corrected chi connectivity index (χ4v) is 4.23. The highest BCUT2D eigenvalue weighted by Crippen LogP contribution is 2.60. The van der Waals surface area contributed by atoms with Crippen molar-refractivity contribution in [3.63, 3.8) is 0 Å². The molecular weight excluding hydrogens is 364 g/mol. The van der Waals surface area contributed by atoms with Crippen molar-refractivity contribution in [2.45, 2.75) is 30.5 Å². The molecule has 3 rings (SSSR count). The second-order valence-corrected chi connectivity index (χ2v) is 6.63. The van der Waals surface area contributed by atoms with Gasteiger partial charge in [0.2, 0.25) is 0 Å². The normalized spacial score (nSPS) is 25.4. The van der Waals surface area contributed by atoms with Gasteiger partial charge < -0.3 is 18.9 Å². The maximum atomic E-state index is 12.8. The molecule has 7 nitrogen and oxygen atoms in total. The number of rotatable bonds is 6. The Hall–Kier alpha value is -2.93. The number of ether oxygens (including phenoxy) is 4. The van der Waals surface area contributed by atoms with Crippen LogP contribution in [0.2, 0.25) is 0 Å². The molecule has 0 saturated carbocycles. The summed E-state index contributed by atoms with van der Waals surface area (Å²) in [6, 6.07) is 7.37. The zero-order valence-electron chi connectivity index (χ0n) is 16.1. The molecule has 2 aliphatic rings. The molecule has 148 valence electrons. The Balaban J connectivity index is 2.35. The largest absolute Gasteiger partial charge is 0.467 e. The van der Waals surface area contributed by atoms with Crippen molar-refractivity contribution >= 4 is 17.9 Å². The van der Waals surface area contributed by atoms with Crippen LogP contribution in [0.15, 0.2) is 48.1 Å². The molecule has 0 radical (unpaired) electrons. The van der Waals surface area contributed by atoms with E-state index in [4.69, 9.17) is 18.9 Å². The SMILES string of the molecule is C=CCc1ccccc1[C@@]12CC[C@@](C(=O)OC)(O1)C(C(=O)OC)=C2C(=O)OC. The number of fused-ring (bicyclic) bond motifs is 2. The summed E-state index contributed by atoms with van der Waals surface area (Å²) >= 11 is 0. The van der Waals surface area contributed by atoms with Gasteiger partial charge in [0.1, 0.15) is 5.60 Å². The van der Waals surface area contributed by atoms with E-state index in [2.05, 4.69) is 6.58 Å². The molecule has 0 N–H and O–H groups in total. The van der Waals surface area contributed by atoms with E-state index in [1.54, 1.807) is 6.08 Å². The van der Waals surface area contributed by atoms with E-state index < -0.39 is 29.1 Å². The minimum atomic E-state index is -1.72. The van der Waals surface area contributed by atoms with Crippen molar-refractivity contribution in [1.29, 1.82) is 0 Å². The number of hydrogen-bond donors (Lipinski definition) is 0. The number of methoxy groups -OCH3 is 3. The van der Waals surface area contributed by atoms with E-state index in [9.17, 15) is 14.4 Å². The number of allylic oxidation sites excluding steroid dienone is 1. The van der Waals surface area contributed by atoms with E-state index in [-0.39, 0.29) is 17.6 Å². The minimum Gasteiger partial charge on any atom is -0.467 e. The molecule has 2 heterocycles. The number of hydrogen-bond acceptors (Lipinski definition) is 7. The van der Waals surface area contributed by atoms with Crippen LogP contribution in [0.5, 0.6) is 0 Å². The van der Waals surface area contributed by atoms with E-state index in [1.165, 1.54) is 21.3 Å². The van der Waals surface area contributed by atoms with Crippen molar-refractivity contribution in [1.82, 2.24) is 0 Å². The zero-order valence-corrected chi connectivity index (χ0v) is 16.1. The number of carbonyl (C=O) groups is 3. The third-order valence-electron chi connectivity index (χ3n) is 5.35. The topological polar surface area (TPSA) is 88.1 Å². The fourth-order valence-electron chi connectivity index (χ4n) is 4.23. The van der Waals surface area contributed by atoms with Crippen molar-refractivity contribution in [3.8, 4) is 0 Å². The molecule has 2 atom stereocenters. The van der Waals surface area contributed by atoms with Gasteiger partial charge in [-0.1, -0.05) is 30.3 Å². The van der Waals surface area contributed by atoms with Gasteiger partial charge in [-0.15, -0.1) is 6.58 Å². The Morgan fingerprint density at radius 3 is 2.29 bits per heavy atom. The van der Waals surface area contributed by atoms with E-state index in [0.717, 1.165) is 5.56 Å². The van der Waals surface area contributed by atoms with E-state index in [0.29, 0.717) is 18.4 Å². The van der Waals surface area contributed by atoms with Gasteiger partial charge in [0, 0.05) is 0 Å². The predicted molar refractivity (Wildman–Crippen MR) is 98.1 cm³/mol. The van der Waals surface area contributed by atoms with Crippen molar-refractivity contribution in [3.05, 3.63) is 59.2 Å². The van der Waals surface area contributed by atoms with Gasteiger partial charge in [-0.2, -0.15) is 0 Å². The standard InChI is InChI=1S/C21H22O7/c1-5-8-13-9-6-7-10-14(13)20-11-12-21(28-20,19(24)27-4)16(18(23)26-3)15(20)17(22)25-2/h5-7,9-10H,1,8,11-12H2,2-4H3/t20-,21-/m1/s1. The van der Waals surface area contributed by atoms with Gasteiger partial charge in [-0.05, 0) is 30.4 Å². The molecule has 1 aromatic rings. The number of benzene rings is 1. The summed E-state index contributed by atoms with van der Waals surface area (Å²) in [4.78, 5) is 38.2. The van der Waals surface area contributed by atoms with Crippen LogP contribution in [0.3, 0.4) is 0 Å². The lowest BCUT2D eigenvalue weighted by Gasteiger charge is -2.29. The van der Waals surface area contributed by atoms with Gasteiger partial charge in [0.25, 0.3) is 0 Å². The Morgan fingerprint density at radius 2 is 1.68 bits per heavy atom. The van der Waals surface area contributed by atoms with Crippen LogP contribution in [0.4, 0.5) is 0 Å². The molecule has 0 aliphatic carbocycles. The summed E-state index contributed by atoms with van der Waals surface area (Å²) in [5, 5.41) is 0. The Kier molecular flexibility index (Phi) is 5.12. The highest BCUT2D eigenvalue weighted by molar-refractivity contribution is 6.10. The molecule has 0 amide bonds. The number of carbonyl (C=O) groups excluding carboxylic acids is 3. The summed E-state index contributed by atoms with van der Waals surface area (Å²) in [5.74, 6) is -2.33. The highest BCUT2D eigenvalue weighted by atomic mass is 16.6. The van der Waals surface area contributed by atoms with Crippen LogP contribution in [-0.2, 0) is 45.4 Å². The predicted octanol–water partition coefficient (Wildman–Crippen LogP) is 1.99. The van der Waals surface area contributed by atoms with Gasteiger partial charge >= 0.3 is 17.9 Å². The first-order valence-electron chi connectivity index (χ1n) is 8.81. The third-order valence-corrected chi connectivity index (χ3v) is 5.35. The second-order valence-electron chi connectivity index (χ2n) is 6.63. The van der Waals surface area contributed by atoms with E-state index in [1.807, 2.05) is 24.3 Å². The van der Waals surface area contributed by atoms with Gasteiger partial charge in [0.05, 0.1) is 32.5 Å². The highest BCUT2D eigenvalue weighted by Gasteiger charge is 2.70. The minimum absolute atomic E-state index is 0.0185. The van der Waals surface area contributed by atoms with Crippen LogP contribution >= 0.6 is 0 Å². The molecule has 7 heteroatoms. The van der Waals surface area contributed by atoms with Gasteiger partial charge in [-0.3, -0.25) is 0 Å². The lowest BCUT2D eigenvalue weighted by atomic mass is 9.72. The second kappa shape index (κ2) is 7.24. The first kappa shape index (κ1) is 19.8. The molecule has 1 fully saturated rings. The third kappa shape index (κ3) is 2.57. The van der Waals surface area contributed by atoms with Crippen molar-refractivity contribution in [2.24, 2.45) is 0 Å². The van der Waals surface area contributed by atoms with Crippen LogP contribution in [0.25, 0.3) is 0 Å². The molecule has 0 aromatic heterocycles. The van der Waals surface area contributed by atoms with E-state index >= 15 is 0 Å². The summed E-state index contributed by atoms with van der Waals surface area (Å²) < 4.78 is 21.0. The maximum Gasteiger partial charge on any atom is 0.343 e. The lowest BCUT2D eigenvalue weighted by Crippen LogP contribution is -2.42. The zero-order chi connectivity index (χ0) is 20.5. The van der Waals surface area contributed by atoms with Gasteiger partial charge in [0.15, 0.2) is 5.60 Å². The summed E-state index contributed by atoms with van der Waals surface area (Å²) in [6.07, 6.45) is 2.73. The van der Waals surface area contributed by atoms with Crippen LogP contribution < -0.4 is 0 Å². The molecule has 0 spiro atoms. The smallest absolute Gasteiger partial charge is 0.343 e. The molecule has 0 unspecified atom stereocenters. The molecule has 28 heavy (non-hydrogen) atoms. The molecular formula is C21H22O7. The molecule has 1 aromatic carbocycles. The molecule has 2 aliphatic heterocycles. The number of esters is 3. The van der Waals surface area contributed by atoms with Crippen LogP contribution in [0, 0.1) is 0 Å². The fraction of sp³-hybridized carbons (Fsp3) is 0.381. The Morgan fingerprint density at radius 1 is 1.04 bits per heavy atom. The van der Waals surface area contributed by atoms with Gasteiger partial charge in [-0.25, -0.2) is 14.4 Å². The summed E-state index contributed by atoms with van der Waals surface area (Å²) in [7, 11) is 3.60. The average molecular weight is 386 g/mol. The summed E-state index contributed by atoms with van der Waals surface area (Å²) in [6.45, 7) is 3.77. The molecule has 1 saturated heterocycles.